The molecule has 0 bridgehead atoms. The van der Waals surface area contributed by atoms with E-state index in [2.05, 4.69) is 0 Å². The largest absolute Gasteiger partial charge is 2.00 e. The molecular formula is CH4O5SZn. The summed E-state index contributed by atoms with van der Waals surface area (Å²) in [7, 11) is 0. The summed E-state index contributed by atoms with van der Waals surface area (Å²) >= 11 is -0.750. The molecule has 0 spiro atoms. The van der Waals surface area contributed by atoms with Gasteiger partial charge in [-0.1, -0.05) is 0 Å². The SMILES string of the molecule is C=O.OO.[O-]S[O-].[Zn+2]. The van der Waals surface area contributed by atoms with Gasteiger partial charge in [0.15, 0.2) is 0 Å². The predicted molar refractivity (Wildman–Crippen MR) is 21.5 cm³/mol. The summed E-state index contributed by atoms with van der Waals surface area (Å²) in [5.41, 5.74) is 0. The fourth-order valence-corrected chi connectivity index (χ4v) is 0. The van der Waals surface area contributed by atoms with Crippen molar-refractivity contribution in [2.24, 2.45) is 0 Å². The summed E-state index contributed by atoms with van der Waals surface area (Å²) in [5.74, 6) is 0. The van der Waals surface area contributed by atoms with Gasteiger partial charge in [-0.3, -0.25) is 10.5 Å². The van der Waals surface area contributed by atoms with Gasteiger partial charge < -0.3 is 26.2 Å². The molecule has 5 nitrogen and oxygen atoms in total. The molecule has 0 rings (SSSR count). The van der Waals surface area contributed by atoms with E-state index in [0.717, 1.165) is 0 Å². The number of carbonyl (C=O) groups is 1. The van der Waals surface area contributed by atoms with Crippen LogP contribution in [0.15, 0.2) is 0 Å². The Morgan fingerprint density at radius 2 is 1.25 bits per heavy atom. The zero-order valence-corrected chi connectivity index (χ0v) is 7.73. The molecule has 0 atom stereocenters. The molecule has 0 aromatic carbocycles. The van der Waals surface area contributed by atoms with E-state index in [1.54, 1.807) is 0 Å². The summed E-state index contributed by atoms with van der Waals surface area (Å²) in [5, 5.41) is 12.0. The standard InChI is InChI=1S/CH2O.H2O2S.H2O2.Zn/c1-2;1-3-2;1-2;/h1H2;1-2H;1-2H;/q;;;+2/p-2. The van der Waals surface area contributed by atoms with Gasteiger partial charge in [-0.05, 0) is 0 Å². The summed E-state index contributed by atoms with van der Waals surface area (Å²) in [4.78, 5) is 8.00. The van der Waals surface area contributed by atoms with E-state index in [0.29, 0.717) is 0 Å². The van der Waals surface area contributed by atoms with E-state index >= 15 is 0 Å². The van der Waals surface area contributed by atoms with Gasteiger partial charge in [0, 0.05) is 0 Å². The second-order valence-corrected chi connectivity index (χ2v) is 0.204. The molecule has 0 radical (unpaired) electrons. The van der Waals surface area contributed by atoms with Crippen LogP contribution in [-0.4, -0.2) is 26.4 Å². The summed E-state index contributed by atoms with van der Waals surface area (Å²) in [6.07, 6.45) is 0. The molecule has 46 valence electrons. The molecule has 0 aromatic rings. The van der Waals surface area contributed by atoms with Crippen molar-refractivity contribution in [2.75, 3.05) is 0 Å². The second-order valence-electron chi connectivity index (χ2n) is 0.0680. The van der Waals surface area contributed by atoms with Crippen LogP contribution < -0.4 is 0 Å². The minimum Gasteiger partial charge on any atom is -0.811 e. The van der Waals surface area contributed by atoms with Gasteiger partial charge >= 0.3 is 19.5 Å². The smallest absolute Gasteiger partial charge is 0.811 e. The first-order chi connectivity index (χ1) is 3.41. The Morgan fingerprint density at radius 3 is 1.25 bits per heavy atom. The summed E-state index contributed by atoms with van der Waals surface area (Å²) in [6.45, 7) is 2.00. The average molecular weight is 193 g/mol. The van der Waals surface area contributed by atoms with Gasteiger partial charge in [-0.25, -0.2) is 0 Å². The van der Waals surface area contributed by atoms with Gasteiger partial charge in [0.25, 0.3) is 0 Å². The normalized spacial score (nSPS) is 3.50. The quantitative estimate of drug-likeness (QED) is 0.239. The third kappa shape index (κ3) is 834. The molecule has 7 heteroatoms. The topological polar surface area (TPSA) is 104 Å². The number of rotatable bonds is 0. The summed E-state index contributed by atoms with van der Waals surface area (Å²) in [6, 6.07) is 0. The molecule has 0 aliphatic rings. The van der Waals surface area contributed by atoms with Crippen molar-refractivity contribution < 1.29 is 43.9 Å². The molecular weight excluding hydrogens is 189 g/mol. The van der Waals surface area contributed by atoms with Crippen molar-refractivity contribution in [1.29, 1.82) is 0 Å². The van der Waals surface area contributed by atoms with Crippen molar-refractivity contribution >= 4 is 19.1 Å². The first-order valence-electron chi connectivity index (χ1n) is 0.822. The fourth-order valence-electron chi connectivity index (χ4n) is 0. The zero-order chi connectivity index (χ0) is 6.71. The minimum absolute atomic E-state index is 0. The second kappa shape index (κ2) is 143. The predicted octanol–water partition coefficient (Wildman–Crippen LogP) is -0.190. The van der Waals surface area contributed by atoms with Crippen molar-refractivity contribution in [3.05, 3.63) is 0 Å². The molecule has 0 aromatic heterocycles. The Balaban J connectivity index is -0.0000000147. The van der Waals surface area contributed by atoms with Gasteiger partial charge in [0.05, 0.1) is 0 Å². The van der Waals surface area contributed by atoms with E-state index in [9.17, 15) is 0 Å². The van der Waals surface area contributed by atoms with Crippen LogP contribution in [0.25, 0.3) is 0 Å². The molecule has 8 heavy (non-hydrogen) atoms. The third-order valence-electron chi connectivity index (χ3n) is 0. The fraction of sp³-hybridized carbons (Fsp3) is 0. The van der Waals surface area contributed by atoms with Crippen molar-refractivity contribution in [3.63, 3.8) is 0 Å². The molecule has 2 N–H and O–H groups in total. The first kappa shape index (κ1) is 23.6. The molecule has 0 amide bonds. The molecule has 0 aliphatic carbocycles. The van der Waals surface area contributed by atoms with Crippen LogP contribution in [0, 0.1) is 0 Å². The number of carbonyl (C=O) groups excluding carboxylic acids is 1. The maximum absolute atomic E-state index is 8.29. The van der Waals surface area contributed by atoms with Crippen LogP contribution in [-0.2, 0) is 24.3 Å². The van der Waals surface area contributed by atoms with Crippen LogP contribution in [0.1, 0.15) is 0 Å². The Labute approximate surface area is 63.4 Å². The van der Waals surface area contributed by atoms with Crippen molar-refractivity contribution in [2.45, 2.75) is 0 Å². The zero-order valence-electron chi connectivity index (χ0n) is 3.94. The van der Waals surface area contributed by atoms with Gasteiger partial charge in [-0.15, -0.1) is 0 Å². The van der Waals surface area contributed by atoms with E-state index in [1.807, 2.05) is 6.79 Å². The van der Waals surface area contributed by atoms with E-state index in [4.69, 9.17) is 24.4 Å². The van der Waals surface area contributed by atoms with Crippen LogP contribution in [0.4, 0.5) is 0 Å². The molecule has 0 heterocycles. The van der Waals surface area contributed by atoms with Crippen LogP contribution in [0.5, 0.6) is 0 Å². The molecule has 0 unspecified atom stereocenters. The maximum Gasteiger partial charge on any atom is 2.00 e. The monoisotopic (exact) mass is 192 g/mol. The van der Waals surface area contributed by atoms with E-state index in [1.165, 1.54) is 0 Å². The average Bonchev–Trinajstić information content (AvgIpc) is 1.78. The number of hydrogen-bond acceptors (Lipinski definition) is 6. The Kier molecular flexibility index (Phi) is 422. The van der Waals surface area contributed by atoms with Gasteiger partial charge in [0.2, 0.25) is 0 Å². The van der Waals surface area contributed by atoms with Crippen LogP contribution in [0.3, 0.4) is 0 Å². The third-order valence-corrected chi connectivity index (χ3v) is 0. The maximum atomic E-state index is 8.29. The van der Waals surface area contributed by atoms with Crippen molar-refractivity contribution in [3.8, 4) is 0 Å². The molecule has 0 saturated heterocycles. The first-order valence-corrected chi connectivity index (χ1v) is 1.49. The molecule has 0 fully saturated rings. The van der Waals surface area contributed by atoms with E-state index in [-0.39, 0.29) is 19.5 Å². The van der Waals surface area contributed by atoms with Crippen molar-refractivity contribution in [1.82, 2.24) is 0 Å². The van der Waals surface area contributed by atoms with Crippen LogP contribution >= 0.6 is 12.3 Å². The minimum atomic E-state index is -0.750. The van der Waals surface area contributed by atoms with Gasteiger partial charge in [-0.2, -0.15) is 0 Å². The molecule has 0 saturated carbocycles. The Morgan fingerprint density at radius 1 is 1.25 bits per heavy atom. The molecule has 0 aliphatic heterocycles. The Bertz CT molecular complexity index is 16.4. The van der Waals surface area contributed by atoms with Gasteiger partial charge in [0.1, 0.15) is 6.79 Å². The Hall–Kier alpha value is 0.483. The summed E-state index contributed by atoms with van der Waals surface area (Å²) < 4.78 is 16.6. The number of hydrogen-bond donors (Lipinski definition) is 2. The van der Waals surface area contributed by atoms with E-state index < -0.39 is 12.3 Å². The van der Waals surface area contributed by atoms with Crippen LogP contribution in [0.2, 0.25) is 0 Å².